The summed E-state index contributed by atoms with van der Waals surface area (Å²) in [5.41, 5.74) is 4.05. The van der Waals surface area contributed by atoms with Crippen LogP contribution >= 0.6 is 0 Å². The van der Waals surface area contributed by atoms with Gasteiger partial charge in [0.05, 0.1) is 0 Å². The van der Waals surface area contributed by atoms with E-state index in [1.807, 2.05) is 32.9 Å². The number of hydrogen-bond acceptors (Lipinski definition) is 4. The maximum atomic E-state index is 12.8. The topological polar surface area (TPSA) is 68.9 Å². The van der Waals surface area contributed by atoms with Crippen molar-refractivity contribution in [1.82, 2.24) is 0 Å². The van der Waals surface area contributed by atoms with E-state index in [9.17, 15) is 13.6 Å². The fourth-order valence-electron chi connectivity index (χ4n) is 3.57. The Morgan fingerprint density at radius 1 is 1.10 bits per heavy atom. The van der Waals surface area contributed by atoms with Crippen molar-refractivity contribution < 1.29 is 32.6 Å². The minimum atomic E-state index is -2.92. The van der Waals surface area contributed by atoms with Gasteiger partial charge in [0, 0.05) is 23.8 Å². The molecular weight excluding hydrogens is 406 g/mol. The predicted molar refractivity (Wildman–Crippen MR) is 113 cm³/mol. The van der Waals surface area contributed by atoms with E-state index in [0.717, 1.165) is 35.3 Å². The number of carboxylic acid groups (broad SMARTS) is 1. The maximum absolute atomic E-state index is 12.8. The molecule has 0 saturated heterocycles. The lowest BCUT2D eigenvalue weighted by atomic mass is 9.99. The Labute approximate surface area is 179 Å². The van der Waals surface area contributed by atoms with Crippen LogP contribution in [0.2, 0.25) is 0 Å². The first-order valence-corrected chi connectivity index (χ1v) is 10.2. The molecule has 1 heterocycles. The molecule has 1 N–H and O–H groups in total. The zero-order valence-electron chi connectivity index (χ0n) is 17.8. The number of carbonyl (C=O) groups is 1. The first-order valence-electron chi connectivity index (χ1n) is 10.2. The number of aliphatic carboxylic acids is 1. The molecule has 0 bridgehead atoms. The van der Waals surface area contributed by atoms with E-state index >= 15 is 0 Å². The molecule has 2 aromatic carbocycles. The SMILES string of the molecule is CCCc1cc2cc(OC(F)F)cc(COc3ccc(CCC(=O)O)c(C)c3C)c2o1. The number of fused-ring (bicyclic) bond motifs is 1. The van der Waals surface area contributed by atoms with E-state index in [1.165, 1.54) is 6.07 Å². The maximum Gasteiger partial charge on any atom is 0.387 e. The second-order valence-electron chi connectivity index (χ2n) is 7.50. The van der Waals surface area contributed by atoms with Gasteiger partial charge >= 0.3 is 12.6 Å². The number of rotatable bonds is 10. The number of carboxylic acids is 1. The number of furan rings is 1. The van der Waals surface area contributed by atoms with Gasteiger partial charge in [0.25, 0.3) is 0 Å². The molecule has 31 heavy (non-hydrogen) atoms. The fourth-order valence-corrected chi connectivity index (χ4v) is 3.57. The summed E-state index contributed by atoms with van der Waals surface area (Å²) in [5.74, 6) is 0.642. The second-order valence-corrected chi connectivity index (χ2v) is 7.50. The quantitative estimate of drug-likeness (QED) is 0.413. The normalized spacial score (nSPS) is 11.3. The Balaban J connectivity index is 1.87. The summed E-state index contributed by atoms with van der Waals surface area (Å²) in [4.78, 5) is 10.8. The summed E-state index contributed by atoms with van der Waals surface area (Å²) < 4.78 is 42.1. The molecule has 1 aromatic heterocycles. The Morgan fingerprint density at radius 2 is 1.87 bits per heavy atom. The van der Waals surface area contributed by atoms with Gasteiger partial charge in [0.1, 0.15) is 29.4 Å². The van der Waals surface area contributed by atoms with Crippen molar-refractivity contribution >= 4 is 16.9 Å². The van der Waals surface area contributed by atoms with Crippen LogP contribution in [0, 0.1) is 13.8 Å². The summed E-state index contributed by atoms with van der Waals surface area (Å²) in [5, 5.41) is 9.60. The fraction of sp³-hybridized carbons (Fsp3) is 0.375. The van der Waals surface area contributed by atoms with Crippen molar-refractivity contribution in [2.75, 3.05) is 0 Å². The van der Waals surface area contributed by atoms with Gasteiger partial charge in [-0.1, -0.05) is 13.0 Å². The summed E-state index contributed by atoms with van der Waals surface area (Å²) in [6.07, 6.45) is 2.16. The van der Waals surface area contributed by atoms with Crippen molar-refractivity contribution in [3.8, 4) is 11.5 Å². The first kappa shape index (κ1) is 22.6. The van der Waals surface area contributed by atoms with Gasteiger partial charge in [-0.2, -0.15) is 8.78 Å². The number of halogens is 2. The minimum absolute atomic E-state index is 0.0573. The molecule has 0 aliphatic heterocycles. The third-order valence-electron chi connectivity index (χ3n) is 5.28. The average molecular weight is 432 g/mol. The van der Waals surface area contributed by atoms with Gasteiger partial charge in [-0.15, -0.1) is 0 Å². The molecule has 0 unspecified atom stereocenters. The molecule has 7 heteroatoms. The summed E-state index contributed by atoms with van der Waals surface area (Å²) in [6, 6.07) is 8.56. The number of ether oxygens (including phenoxy) is 2. The molecule has 5 nitrogen and oxygen atoms in total. The molecule has 0 radical (unpaired) electrons. The average Bonchev–Trinajstić information content (AvgIpc) is 3.10. The van der Waals surface area contributed by atoms with Crippen LogP contribution in [-0.2, 0) is 24.2 Å². The highest BCUT2D eigenvalue weighted by Crippen LogP contribution is 2.32. The Morgan fingerprint density at radius 3 is 2.55 bits per heavy atom. The van der Waals surface area contributed by atoms with Gasteiger partial charge in [0.15, 0.2) is 0 Å². The first-order chi connectivity index (χ1) is 14.8. The van der Waals surface area contributed by atoms with Crippen molar-refractivity contribution in [3.05, 3.63) is 58.3 Å². The summed E-state index contributed by atoms with van der Waals surface area (Å²) >= 11 is 0. The van der Waals surface area contributed by atoms with Crippen molar-refractivity contribution in [1.29, 1.82) is 0 Å². The zero-order chi connectivity index (χ0) is 22.5. The highest BCUT2D eigenvalue weighted by molar-refractivity contribution is 5.83. The smallest absolute Gasteiger partial charge is 0.387 e. The molecule has 0 amide bonds. The van der Waals surface area contributed by atoms with Crippen LogP contribution in [0.3, 0.4) is 0 Å². The van der Waals surface area contributed by atoms with E-state index in [1.54, 1.807) is 12.1 Å². The lowest BCUT2D eigenvalue weighted by Gasteiger charge is -2.15. The molecule has 0 aliphatic carbocycles. The van der Waals surface area contributed by atoms with E-state index in [2.05, 4.69) is 4.74 Å². The summed E-state index contributed by atoms with van der Waals surface area (Å²) in [7, 11) is 0. The lowest BCUT2D eigenvalue weighted by molar-refractivity contribution is -0.136. The summed E-state index contributed by atoms with van der Waals surface area (Å²) in [6.45, 7) is 3.07. The van der Waals surface area contributed by atoms with E-state index in [-0.39, 0.29) is 18.8 Å². The van der Waals surface area contributed by atoms with Crippen LogP contribution in [0.25, 0.3) is 11.0 Å². The molecule has 0 aliphatic rings. The third kappa shape index (κ3) is 5.54. The molecule has 0 fully saturated rings. The molecular formula is C24H26F2O5. The van der Waals surface area contributed by atoms with Gasteiger partial charge < -0.3 is 19.0 Å². The Bertz CT molecular complexity index is 1070. The highest BCUT2D eigenvalue weighted by atomic mass is 19.3. The monoisotopic (exact) mass is 432 g/mol. The molecule has 3 rings (SSSR count). The molecule has 0 spiro atoms. The van der Waals surface area contributed by atoms with Crippen LogP contribution in [0.1, 0.15) is 47.8 Å². The molecule has 0 atom stereocenters. The molecule has 3 aromatic rings. The third-order valence-corrected chi connectivity index (χ3v) is 5.28. The van der Waals surface area contributed by atoms with E-state index in [0.29, 0.717) is 28.7 Å². The van der Waals surface area contributed by atoms with Crippen LogP contribution in [0.15, 0.2) is 34.7 Å². The zero-order valence-corrected chi connectivity index (χ0v) is 17.8. The highest BCUT2D eigenvalue weighted by Gasteiger charge is 2.15. The molecule has 166 valence electrons. The van der Waals surface area contributed by atoms with Gasteiger partial charge in [-0.25, -0.2) is 0 Å². The van der Waals surface area contributed by atoms with Crippen LogP contribution in [-0.4, -0.2) is 17.7 Å². The second kappa shape index (κ2) is 9.81. The van der Waals surface area contributed by atoms with Gasteiger partial charge in [-0.05, 0) is 67.6 Å². The Kier molecular flexibility index (Phi) is 7.15. The number of hydrogen-bond donors (Lipinski definition) is 1. The van der Waals surface area contributed by atoms with E-state index < -0.39 is 12.6 Å². The van der Waals surface area contributed by atoms with Crippen LogP contribution in [0.4, 0.5) is 8.78 Å². The Hall–Kier alpha value is -3.09. The van der Waals surface area contributed by atoms with E-state index in [4.69, 9.17) is 14.3 Å². The van der Waals surface area contributed by atoms with Gasteiger partial charge in [0.2, 0.25) is 0 Å². The van der Waals surface area contributed by atoms with Crippen molar-refractivity contribution in [3.63, 3.8) is 0 Å². The van der Waals surface area contributed by atoms with Crippen molar-refractivity contribution in [2.45, 2.75) is 59.7 Å². The number of benzene rings is 2. The van der Waals surface area contributed by atoms with Crippen LogP contribution in [0.5, 0.6) is 11.5 Å². The largest absolute Gasteiger partial charge is 0.488 e. The lowest BCUT2D eigenvalue weighted by Crippen LogP contribution is -2.04. The number of aryl methyl sites for hydroxylation is 2. The standard InChI is InChI=1S/C24H26F2O5/c1-4-5-19-10-17-11-20(31-24(25)26)12-18(23(17)30-19)13-29-21-8-6-16(7-9-22(27)28)14(2)15(21)3/h6,8,10-12,24H,4-5,7,9,13H2,1-3H3,(H,27,28). The number of alkyl halides is 2. The predicted octanol–water partition coefficient (Wildman–Crippen LogP) is 6.20. The molecule has 0 saturated carbocycles. The van der Waals surface area contributed by atoms with Crippen LogP contribution < -0.4 is 9.47 Å². The van der Waals surface area contributed by atoms with Crippen molar-refractivity contribution in [2.24, 2.45) is 0 Å². The minimum Gasteiger partial charge on any atom is -0.488 e. The van der Waals surface area contributed by atoms with Gasteiger partial charge in [-0.3, -0.25) is 4.79 Å².